The molecule has 0 radical (unpaired) electrons. The summed E-state index contributed by atoms with van der Waals surface area (Å²) >= 11 is 6.38. The topological polar surface area (TPSA) is 95.9 Å². The van der Waals surface area contributed by atoms with E-state index >= 15 is 0 Å². The number of carbonyl (C=O) groups excluding carboxylic acids is 1. The van der Waals surface area contributed by atoms with Crippen LogP contribution in [0.3, 0.4) is 0 Å². The Morgan fingerprint density at radius 2 is 1.98 bits per heavy atom. The van der Waals surface area contributed by atoms with Crippen LogP contribution in [0.1, 0.15) is 73.9 Å². The van der Waals surface area contributed by atoms with E-state index in [4.69, 9.17) is 16.3 Å². The van der Waals surface area contributed by atoms with Gasteiger partial charge in [0.05, 0.1) is 23.1 Å². The van der Waals surface area contributed by atoms with Crippen molar-refractivity contribution in [3.63, 3.8) is 0 Å². The predicted octanol–water partition coefficient (Wildman–Crippen LogP) is 5.39. The second-order valence-electron chi connectivity index (χ2n) is 12.7. The third kappa shape index (κ3) is 5.39. The van der Waals surface area contributed by atoms with Gasteiger partial charge in [-0.25, -0.2) is 13.1 Å². The SMILES string of the molecule is C[C@@H]1CC/C=C/[C@@](C)(O)[C@@H]2CC[C@H]2CN2C[C@@]3(CCCc4cc(Cl)ccc43)COc3ccc(cc32)C(=O)NS1(=O)=O. The van der Waals surface area contributed by atoms with Crippen molar-refractivity contribution in [2.45, 2.75) is 75.1 Å². The van der Waals surface area contributed by atoms with Crippen LogP contribution in [-0.2, 0) is 21.9 Å². The Morgan fingerprint density at radius 3 is 2.76 bits per heavy atom. The molecule has 4 aliphatic rings. The van der Waals surface area contributed by atoms with Crippen LogP contribution in [0.4, 0.5) is 5.69 Å². The number of allylic oxidation sites excluding steroid dienone is 1. The van der Waals surface area contributed by atoms with E-state index in [0.717, 1.165) is 42.8 Å². The van der Waals surface area contributed by atoms with E-state index in [-0.39, 0.29) is 22.8 Å². The number of fused-ring (bicyclic) bond motifs is 4. The van der Waals surface area contributed by atoms with Gasteiger partial charge in [0.15, 0.2) is 0 Å². The van der Waals surface area contributed by atoms with Gasteiger partial charge in [0.25, 0.3) is 5.91 Å². The summed E-state index contributed by atoms with van der Waals surface area (Å²) in [5.41, 5.74) is 2.32. The van der Waals surface area contributed by atoms with Crippen molar-refractivity contribution < 1.29 is 23.1 Å². The lowest BCUT2D eigenvalue weighted by atomic mass is 9.64. The fraction of sp³-hybridized carbons (Fsp3) is 0.531. The van der Waals surface area contributed by atoms with Crippen LogP contribution >= 0.6 is 11.6 Å². The summed E-state index contributed by atoms with van der Waals surface area (Å²) in [6.45, 7) is 5.36. The average molecular weight is 599 g/mol. The fourth-order valence-corrected chi connectivity index (χ4v) is 8.53. The maximum Gasteiger partial charge on any atom is 0.264 e. The van der Waals surface area contributed by atoms with Crippen molar-refractivity contribution in [3.8, 4) is 5.75 Å². The van der Waals surface area contributed by atoms with Crippen LogP contribution in [-0.4, -0.2) is 50.0 Å². The van der Waals surface area contributed by atoms with E-state index in [1.807, 2.05) is 25.1 Å². The molecule has 0 unspecified atom stereocenters. The number of amides is 1. The Labute approximate surface area is 248 Å². The van der Waals surface area contributed by atoms with Gasteiger partial charge in [0.2, 0.25) is 10.0 Å². The second kappa shape index (κ2) is 10.6. The lowest BCUT2D eigenvalue weighted by Gasteiger charge is -2.48. The highest BCUT2D eigenvalue weighted by molar-refractivity contribution is 7.90. The summed E-state index contributed by atoms with van der Waals surface area (Å²) in [5.74, 6) is 0.388. The van der Waals surface area contributed by atoms with E-state index in [2.05, 4.69) is 21.8 Å². The van der Waals surface area contributed by atoms with E-state index in [1.165, 1.54) is 11.1 Å². The number of carbonyl (C=O) groups is 1. The van der Waals surface area contributed by atoms with Gasteiger partial charge in [-0.3, -0.25) is 4.79 Å². The van der Waals surface area contributed by atoms with Gasteiger partial charge in [-0.05, 0) is 112 Å². The van der Waals surface area contributed by atoms with Crippen molar-refractivity contribution in [1.82, 2.24) is 4.72 Å². The summed E-state index contributed by atoms with van der Waals surface area (Å²) in [7, 11) is -3.88. The minimum Gasteiger partial charge on any atom is -0.490 e. The standard InChI is InChI=1S/C32H39ClN2O5S/c1-21-6-3-4-14-31(2,37)26-11-8-24(26)18-35-19-32(15-5-7-22-16-25(33)10-12-27(22)32)20-40-29-13-9-23(17-28(29)35)30(36)34-41(21,38)39/h4,9-10,12-14,16-17,21,24,26,37H,3,5-8,11,15,18-20H2,1-2H3,(H,34,36)/b14-4+/t21-,24+,26-,31-,32+/m1/s1. The Hall–Kier alpha value is -2.55. The first-order valence-corrected chi connectivity index (χ1v) is 16.7. The lowest BCUT2D eigenvalue weighted by Crippen LogP contribution is -2.51. The van der Waals surface area contributed by atoms with Gasteiger partial charge >= 0.3 is 0 Å². The number of aryl methyl sites for hydroxylation is 1. The molecule has 0 aromatic heterocycles. The van der Waals surface area contributed by atoms with Crippen molar-refractivity contribution >= 4 is 33.2 Å². The number of ether oxygens (including phenoxy) is 1. The molecule has 5 atom stereocenters. The number of nitrogens with one attached hydrogen (secondary N) is 1. The quantitative estimate of drug-likeness (QED) is 0.395. The summed E-state index contributed by atoms with van der Waals surface area (Å²) < 4.78 is 34.8. The highest BCUT2D eigenvalue weighted by Gasteiger charge is 2.46. The van der Waals surface area contributed by atoms with Crippen LogP contribution < -0.4 is 14.4 Å². The number of nitrogens with zero attached hydrogens (tertiary/aromatic N) is 1. The number of hydrogen-bond donors (Lipinski definition) is 2. The molecule has 0 saturated heterocycles. The van der Waals surface area contributed by atoms with Crippen LogP contribution in [0.25, 0.3) is 0 Å². The molecule has 6 rings (SSSR count). The average Bonchev–Trinajstić information content (AvgIpc) is 3.05. The third-order valence-corrected chi connectivity index (χ3v) is 11.9. The largest absolute Gasteiger partial charge is 0.490 e. The van der Waals surface area contributed by atoms with Gasteiger partial charge in [-0.1, -0.05) is 29.8 Å². The maximum atomic E-state index is 13.2. The molecule has 7 nitrogen and oxygen atoms in total. The zero-order valence-corrected chi connectivity index (χ0v) is 25.3. The fourth-order valence-electron chi connectivity index (χ4n) is 7.32. The molecule has 2 aliphatic heterocycles. The van der Waals surface area contributed by atoms with Crippen LogP contribution in [0.5, 0.6) is 5.75 Å². The van der Waals surface area contributed by atoms with Crippen molar-refractivity contribution in [2.24, 2.45) is 11.8 Å². The molecule has 2 N–H and O–H groups in total. The molecule has 1 amide bonds. The van der Waals surface area contributed by atoms with Gasteiger partial charge < -0.3 is 14.7 Å². The van der Waals surface area contributed by atoms with Gasteiger partial charge in [0, 0.05) is 29.1 Å². The molecule has 1 fully saturated rings. The highest BCUT2D eigenvalue weighted by atomic mass is 35.5. The zero-order valence-electron chi connectivity index (χ0n) is 23.7. The van der Waals surface area contributed by atoms with Crippen molar-refractivity contribution in [2.75, 3.05) is 24.6 Å². The molecule has 2 bridgehead atoms. The number of halogens is 1. The molecule has 41 heavy (non-hydrogen) atoms. The second-order valence-corrected chi connectivity index (χ2v) is 15.3. The number of aliphatic hydroxyl groups is 1. The van der Waals surface area contributed by atoms with E-state index in [9.17, 15) is 18.3 Å². The minimum absolute atomic E-state index is 0.0836. The molecule has 9 heteroatoms. The molecular formula is C32H39ClN2O5S. The Bertz CT molecular complexity index is 1490. The lowest BCUT2D eigenvalue weighted by molar-refractivity contribution is -0.0314. The number of benzene rings is 2. The van der Waals surface area contributed by atoms with E-state index < -0.39 is 26.8 Å². The summed E-state index contributed by atoms with van der Waals surface area (Å²) in [5, 5.41) is 11.5. The predicted molar refractivity (Wildman–Crippen MR) is 161 cm³/mol. The molecular weight excluding hydrogens is 560 g/mol. The number of rotatable bonds is 0. The van der Waals surface area contributed by atoms with Gasteiger partial charge in [-0.15, -0.1) is 0 Å². The van der Waals surface area contributed by atoms with E-state index in [1.54, 1.807) is 25.1 Å². The van der Waals surface area contributed by atoms with Crippen LogP contribution in [0, 0.1) is 11.8 Å². The summed E-state index contributed by atoms with van der Waals surface area (Å²) in [6.07, 6.45) is 9.47. The Balaban J connectivity index is 1.44. The molecule has 220 valence electrons. The number of anilines is 1. The molecule has 1 saturated carbocycles. The molecule has 2 aliphatic carbocycles. The Kier molecular flexibility index (Phi) is 7.40. The normalized spacial score (nSPS) is 33.8. The smallest absolute Gasteiger partial charge is 0.264 e. The number of hydrogen-bond acceptors (Lipinski definition) is 6. The summed E-state index contributed by atoms with van der Waals surface area (Å²) in [6, 6.07) is 11.4. The first-order chi connectivity index (χ1) is 19.5. The van der Waals surface area contributed by atoms with Crippen molar-refractivity contribution in [3.05, 3.63) is 70.3 Å². The van der Waals surface area contributed by atoms with Crippen LogP contribution in [0.2, 0.25) is 5.02 Å². The molecule has 1 spiro atoms. The molecule has 2 aromatic carbocycles. The highest BCUT2D eigenvalue weighted by Crippen LogP contribution is 2.48. The van der Waals surface area contributed by atoms with E-state index in [0.29, 0.717) is 38.3 Å². The number of sulfonamides is 1. The molecule has 2 heterocycles. The summed E-state index contributed by atoms with van der Waals surface area (Å²) in [4.78, 5) is 15.6. The van der Waals surface area contributed by atoms with Gasteiger partial charge in [0.1, 0.15) is 5.75 Å². The Morgan fingerprint density at radius 1 is 1.15 bits per heavy atom. The molecule has 2 aromatic rings. The zero-order chi connectivity index (χ0) is 29.0. The van der Waals surface area contributed by atoms with Crippen LogP contribution in [0.15, 0.2) is 48.6 Å². The monoisotopic (exact) mass is 598 g/mol. The van der Waals surface area contributed by atoms with Gasteiger partial charge in [-0.2, -0.15) is 0 Å². The minimum atomic E-state index is -3.88. The third-order valence-electron chi connectivity index (χ3n) is 9.88. The van der Waals surface area contributed by atoms with Crippen molar-refractivity contribution in [1.29, 1.82) is 0 Å². The first-order valence-electron chi connectivity index (χ1n) is 14.7. The maximum absolute atomic E-state index is 13.2. The first kappa shape index (κ1) is 28.6.